The number of nitrogens with zero attached hydrogens (tertiary/aromatic N) is 3. The second-order valence-corrected chi connectivity index (χ2v) is 15.5. The van der Waals surface area contributed by atoms with Crippen molar-refractivity contribution < 1.29 is 0 Å². The number of hydrogen-bond donors (Lipinski definition) is 0. The molecule has 10 aromatic rings. The van der Waals surface area contributed by atoms with Gasteiger partial charge in [-0.05, 0) is 85.0 Å². The van der Waals surface area contributed by atoms with Crippen LogP contribution in [-0.2, 0) is 5.41 Å². The summed E-state index contributed by atoms with van der Waals surface area (Å²) in [5, 5.41) is 0. The van der Waals surface area contributed by atoms with Crippen molar-refractivity contribution in [1.82, 2.24) is 15.0 Å². The molecule has 0 aliphatic heterocycles. The summed E-state index contributed by atoms with van der Waals surface area (Å²) in [7, 11) is 0. The van der Waals surface area contributed by atoms with E-state index in [1.54, 1.807) is 0 Å². The smallest absolute Gasteiger partial charge is 0.164 e. The van der Waals surface area contributed by atoms with Crippen molar-refractivity contribution in [1.29, 1.82) is 0 Å². The molecule has 0 unspecified atom stereocenters. The predicted molar refractivity (Wildman–Crippen MR) is 250 cm³/mol. The highest BCUT2D eigenvalue weighted by atomic mass is 15.0. The summed E-state index contributed by atoms with van der Waals surface area (Å²) < 4.78 is 0. The Labute approximate surface area is 356 Å². The predicted octanol–water partition coefficient (Wildman–Crippen LogP) is 14.2. The number of aromatic nitrogens is 3. The van der Waals surface area contributed by atoms with E-state index in [-0.39, 0.29) is 0 Å². The molecule has 0 saturated carbocycles. The Balaban J connectivity index is 0.991. The zero-order chi connectivity index (χ0) is 40.6. The lowest BCUT2D eigenvalue weighted by Crippen LogP contribution is -2.28. The monoisotopic (exact) mass is 777 g/mol. The maximum atomic E-state index is 5.00. The molecule has 61 heavy (non-hydrogen) atoms. The van der Waals surface area contributed by atoms with Gasteiger partial charge in [-0.25, -0.2) is 15.0 Å². The van der Waals surface area contributed by atoms with E-state index < -0.39 is 5.41 Å². The summed E-state index contributed by atoms with van der Waals surface area (Å²) in [6.07, 6.45) is 0. The van der Waals surface area contributed by atoms with Crippen LogP contribution in [0.2, 0.25) is 0 Å². The van der Waals surface area contributed by atoms with Gasteiger partial charge in [0, 0.05) is 16.7 Å². The normalized spacial score (nSPS) is 12.4. The van der Waals surface area contributed by atoms with Gasteiger partial charge in [-0.15, -0.1) is 0 Å². The van der Waals surface area contributed by atoms with Crippen LogP contribution >= 0.6 is 0 Å². The first-order chi connectivity index (χ1) is 30.2. The lowest BCUT2D eigenvalue weighted by molar-refractivity contribution is 0.768. The molecule has 0 atom stereocenters. The second-order valence-electron chi connectivity index (χ2n) is 15.5. The van der Waals surface area contributed by atoms with Crippen molar-refractivity contribution in [3.8, 4) is 78.7 Å². The topological polar surface area (TPSA) is 38.7 Å². The first kappa shape index (κ1) is 36.1. The van der Waals surface area contributed by atoms with Crippen molar-refractivity contribution in [2.24, 2.45) is 0 Å². The fourth-order valence-corrected chi connectivity index (χ4v) is 9.25. The van der Waals surface area contributed by atoms with Crippen LogP contribution in [0.1, 0.15) is 22.3 Å². The molecule has 0 radical (unpaired) electrons. The van der Waals surface area contributed by atoms with Gasteiger partial charge in [-0.3, -0.25) is 0 Å². The highest BCUT2D eigenvalue weighted by molar-refractivity contribution is 5.96. The van der Waals surface area contributed by atoms with Crippen molar-refractivity contribution >= 4 is 0 Å². The molecule has 3 nitrogen and oxygen atoms in total. The molecule has 1 aliphatic carbocycles. The van der Waals surface area contributed by atoms with Gasteiger partial charge in [0.05, 0.1) is 5.41 Å². The molecule has 286 valence electrons. The van der Waals surface area contributed by atoms with Gasteiger partial charge >= 0.3 is 0 Å². The van der Waals surface area contributed by atoms with Crippen molar-refractivity contribution in [2.75, 3.05) is 0 Å². The highest BCUT2D eigenvalue weighted by Gasteiger charge is 2.46. The summed E-state index contributed by atoms with van der Waals surface area (Å²) in [4.78, 5) is 14.9. The Morgan fingerprint density at radius 3 is 1.13 bits per heavy atom. The zero-order valence-electron chi connectivity index (χ0n) is 33.4. The zero-order valence-corrected chi connectivity index (χ0v) is 33.4. The minimum atomic E-state index is -0.446. The molecule has 0 amide bonds. The molecule has 0 N–H and O–H groups in total. The lowest BCUT2D eigenvalue weighted by Gasteiger charge is -2.34. The molecule has 0 fully saturated rings. The fourth-order valence-electron chi connectivity index (χ4n) is 9.25. The average Bonchev–Trinajstić information content (AvgIpc) is 3.66. The molecule has 3 heteroatoms. The molecule has 11 rings (SSSR count). The lowest BCUT2D eigenvalue weighted by atomic mass is 9.67. The molecule has 0 saturated heterocycles. The first-order valence-electron chi connectivity index (χ1n) is 20.8. The average molecular weight is 778 g/mol. The van der Waals surface area contributed by atoms with E-state index in [0.29, 0.717) is 17.5 Å². The summed E-state index contributed by atoms with van der Waals surface area (Å²) >= 11 is 0. The third-order valence-electron chi connectivity index (χ3n) is 12.0. The van der Waals surface area contributed by atoms with Gasteiger partial charge in [-0.1, -0.05) is 218 Å². The fraction of sp³-hybridized carbons (Fsp3) is 0.0172. The van der Waals surface area contributed by atoms with Gasteiger partial charge in [0.2, 0.25) is 0 Å². The molecular weight excluding hydrogens is 739 g/mol. The Kier molecular flexibility index (Phi) is 9.05. The third kappa shape index (κ3) is 6.35. The minimum absolute atomic E-state index is 0.446. The molecular formula is C58H39N3. The highest BCUT2D eigenvalue weighted by Crippen LogP contribution is 2.58. The first-order valence-corrected chi connectivity index (χ1v) is 20.8. The van der Waals surface area contributed by atoms with Crippen LogP contribution in [0.4, 0.5) is 0 Å². The van der Waals surface area contributed by atoms with Crippen molar-refractivity contribution in [2.45, 2.75) is 5.41 Å². The maximum absolute atomic E-state index is 5.00. The Morgan fingerprint density at radius 2 is 0.590 bits per heavy atom. The van der Waals surface area contributed by atoms with Gasteiger partial charge in [0.25, 0.3) is 0 Å². The number of benzene rings is 9. The summed E-state index contributed by atoms with van der Waals surface area (Å²) in [6, 6.07) is 84.4. The van der Waals surface area contributed by atoms with Crippen LogP contribution in [0, 0.1) is 0 Å². The Morgan fingerprint density at radius 1 is 0.246 bits per heavy atom. The number of fused-ring (bicyclic) bond motifs is 3. The molecule has 1 aliphatic rings. The van der Waals surface area contributed by atoms with Crippen LogP contribution in [0.3, 0.4) is 0 Å². The summed E-state index contributed by atoms with van der Waals surface area (Å²) in [5.41, 5.74) is 17.0. The number of hydrogen-bond acceptors (Lipinski definition) is 3. The van der Waals surface area contributed by atoms with Crippen LogP contribution in [0.5, 0.6) is 0 Å². The number of rotatable bonds is 8. The molecule has 9 aromatic carbocycles. The minimum Gasteiger partial charge on any atom is -0.208 e. The maximum Gasteiger partial charge on any atom is 0.164 e. The van der Waals surface area contributed by atoms with E-state index in [1.807, 2.05) is 60.7 Å². The summed E-state index contributed by atoms with van der Waals surface area (Å²) in [6.45, 7) is 0. The van der Waals surface area contributed by atoms with E-state index in [4.69, 9.17) is 15.0 Å². The van der Waals surface area contributed by atoms with Gasteiger partial charge in [0.15, 0.2) is 17.5 Å². The largest absolute Gasteiger partial charge is 0.208 e. The van der Waals surface area contributed by atoms with E-state index in [0.717, 1.165) is 38.9 Å². The van der Waals surface area contributed by atoms with Crippen LogP contribution in [0.25, 0.3) is 78.7 Å². The standard InChI is InChI=1S/C58H39N3/c1-5-19-40(20-6-1)55-59-56(41-21-7-2-8-22-41)61-57(60-55)47-28-17-26-45(39-47)43-24-15-23-42(37-43)44-25-16-27-46(38-44)50-34-18-36-53-54(50)51-33-13-14-35-52(51)58(53,48-29-9-3-10-30-48)49-31-11-4-12-32-49/h1-39H. The molecule has 0 spiro atoms. The van der Waals surface area contributed by atoms with Gasteiger partial charge in [0.1, 0.15) is 0 Å². The van der Waals surface area contributed by atoms with Crippen LogP contribution in [-0.4, -0.2) is 15.0 Å². The molecule has 1 aromatic heterocycles. The Bertz CT molecular complexity index is 3080. The van der Waals surface area contributed by atoms with Gasteiger partial charge in [-0.2, -0.15) is 0 Å². The van der Waals surface area contributed by atoms with E-state index in [9.17, 15) is 0 Å². The van der Waals surface area contributed by atoms with Gasteiger partial charge < -0.3 is 0 Å². The van der Waals surface area contributed by atoms with E-state index in [2.05, 4.69) is 176 Å². The van der Waals surface area contributed by atoms with E-state index >= 15 is 0 Å². The summed E-state index contributed by atoms with van der Waals surface area (Å²) in [5.74, 6) is 1.93. The quantitative estimate of drug-likeness (QED) is 0.154. The van der Waals surface area contributed by atoms with Crippen LogP contribution in [0.15, 0.2) is 237 Å². The molecule has 1 heterocycles. The van der Waals surface area contributed by atoms with E-state index in [1.165, 1.54) is 44.5 Å². The SMILES string of the molecule is c1ccc(-c2nc(-c3ccccc3)nc(-c3cccc(-c4cccc(-c5cccc(-c6cccc7c6-c6ccccc6C7(c6ccccc6)c6ccccc6)c5)c4)c3)n2)cc1. The molecule has 0 bridgehead atoms. The van der Waals surface area contributed by atoms with Crippen molar-refractivity contribution in [3.05, 3.63) is 259 Å². The Hall–Kier alpha value is -8.01. The third-order valence-corrected chi connectivity index (χ3v) is 12.0. The van der Waals surface area contributed by atoms with Crippen molar-refractivity contribution in [3.63, 3.8) is 0 Å². The van der Waals surface area contributed by atoms with Crippen LogP contribution < -0.4 is 0 Å². The second kappa shape index (κ2) is 15.3.